The van der Waals surface area contributed by atoms with Gasteiger partial charge in [0.15, 0.2) is 0 Å². The average Bonchev–Trinajstić information content (AvgIpc) is 2.29. The monoisotopic (exact) mass is 224 g/mol. The lowest BCUT2D eigenvalue weighted by Crippen LogP contribution is -2.25. The van der Waals surface area contributed by atoms with Crippen molar-refractivity contribution in [2.45, 2.75) is 19.6 Å². The minimum Gasteiger partial charge on any atom is -0.380 e. The maximum atomic E-state index is 10.4. The van der Waals surface area contributed by atoms with Gasteiger partial charge in [0.25, 0.3) is 5.69 Å². The molecule has 0 radical (unpaired) electrons. The van der Waals surface area contributed by atoms with Crippen molar-refractivity contribution in [3.05, 3.63) is 39.9 Å². The van der Waals surface area contributed by atoms with Crippen molar-refractivity contribution in [2.75, 3.05) is 13.7 Å². The Morgan fingerprint density at radius 2 is 2.06 bits per heavy atom. The van der Waals surface area contributed by atoms with Crippen molar-refractivity contribution in [3.63, 3.8) is 0 Å². The first-order chi connectivity index (χ1) is 7.63. The summed E-state index contributed by atoms with van der Waals surface area (Å²) in [5.74, 6) is 0. The van der Waals surface area contributed by atoms with E-state index in [1.165, 1.54) is 12.1 Å². The lowest BCUT2D eigenvalue weighted by atomic mass is 10.2. The van der Waals surface area contributed by atoms with Gasteiger partial charge in [0, 0.05) is 32.3 Å². The number of hydrogen-bond donors (Lipinski definition) is 1. The molecule has 88 valence electrons. The van der Waals surface area contributed by atoms with Crippen molar-refractivity contribution in [1.29, 1.82) is 0 Å². The van der Waals surface area contributed by atoms with E-state index in [0.29, 0.717) is 6.54 Å². The van der Waals surface area contributed by atoms with Gasteiger partial charge in [0.1, 0.15) is 0 Å². The molecule has 1 N–H and O–H groups in total. The molecule has 1 rings (SSSR count). The lowest BCUT2D eigenvalue weighted by molar-refractivity contribution is -0.384. The van der Waals surface area contributed by atoms with E-state index in [4.69, 9.17) is 4.74 Å². The minimum atomic E-state index is -0.399. The van der Waals surface area contributed by atoms with Crippen molar-refractivity contribution in [1.82, 2.24) is 5.32 Å². The maximum Gasteiger partial charge on any atom is 0.269 e. The zero-order valence-electron chi connectivity index (χ0n) is 9.47. The first-order valence-electron chi connectivity index (χ1n) is 5.10. The largest absolute Gasteiger partial charge is 0.380 e. The van der Waals surface area contributed by atoms with Crippen LogP contribution in [0.2, 0.25) is 0 Å². The molecule has 1 aromatic carbocycles. The van der Waals surface area contributed by atoms with Crippen molar-refractivity contribution < 1.29 is 9.66 Å². The molecule has 0 saturated carbocycles. The van der Waals surface area contributed by atoms with Crippen LogP contribution >= 0.6 is 0 Å². The van der Waals surface area contributed by atoms with Crippen molar-refractivity contribution >= 4 is 5.69 Å². The number of methoxy groups -OCH3 is 1. The zero-order valence-corrected chi connectivity index (χ0v) is 9.47. The van der Waals surface area contributed by atoms with E-state index in [0.717, 1.165) is 12.1 Å². The number of non-ortho nitro benzene ring substituents is 1. The summed E-state index contributed by atoms with van der Waals surface area (Å²) in [6.45, 7) is 3.42. The lowest BCUT2D eigenvalue weighted by Gasteiger charge is -2.10. The van der Waals surface area contributed by atoms with Gasteiger partial charge in [-0.25, -0.2) is 0 Å². The molecular weight excluding hydrogens is 208 g/mol. The van der Waals surface area contributed by atoms with Gasteiger partial charge in [-0.15, -0.1) is 0 Å². The van der Waals surface area contributed by atoms with Crippen LogP contribution in [0.15, 0.2) is 24.3 Å². The first kappa shape index (κ1) is 12.6. The number of nitro benzene ring substituents is 1. The number of rotatable bonds is 6. The van der Waals surface area contributed by atoms with Crippen LogP contribution in [0.5, 0.6) is 0 Å². The fraction of sp³-hybridized carbons (Fsp3) is 0.455. The van der Waals surface area contributed by atoms with E-state index < -0.39 is 4.92 Å². The van der Waals surface area contributed by atoms with E-state index in [-0.39, 0.29) is 11.8 Å². The van der Waals surface area contributed by atoms with E-state index in [9.17, 15) is 10.1 Å². The molecule has 5 nitrogen and oxygen atoms in total. The highest BCUT2D eigenvalue weighted by molar-refractivity contribution is 5.32. The van der Waals surface area contributed by atoms with Gasteiger partial charge >= 0.3 is 0 Å². The molecule has 0 fully saturated rings. The predicted octanol–water partition coefficient (Wildman–Crippen LogP) is 1.72. The predicted molar refractivity (Wildman–Crippen MR) is 61.3 cm³/mol. The maximum absolute atomic E-state index is 10.4. The zero-order chi connectivity index (χ0) is 12.0. The van der Waals surface area contributed by atoms with Gasteiger partial charge < -0.3 is 10.1 Å². The number of nitrogens with one attached hydrogen (secondary N) is 1. The number of ether oxygens (including phenoxy) is 1. The van der Waals surface area contributed by atoms with Crippen LogP contribution in [0, 0.1) is 10.1 Å². The average molecular weight is 224 g/mol. The van der Waals surface area contributed by atoms with Gasteiger partial charge in [-0.3, -0.25) is 10.1 Å². The van der Waals surface area contributed by atoms with Crippen LogP contribution in [0.25, 0.3) is 0 Å². The van der Waals surface area contributed by atoms with Crippen molar-refractivity contribution in [3.8, 4) is 0 Å². The van der Waals surface area contributed by atoms with Crippen molar-refractivity contribution in [2.24, 2.45) is 0 Å². The summed E-state index contributed by atoms with van der Waals surface area (Å²) < 4.78 is 5.09. The summed E-state index contributed by atoms with van der Waals surface area (Å²) in [7, 11) is 1.66. The fourth-order valence-corrected chi connectivity index (χ4v) is 1.24. The Morgan fingerprint density at radius 1 is 1.44 bits per heavy atom. The van der Waals surface area contributed by atoms with Crippen LogP contribution in [-0.2, 0) is 11.3 Å². The molecule has 16 heavy (non-hydrogen) atoms. The minimum absolute atomic E-state index is 0.119. The van der Waals surface area contributed by atoms with E-state index in [2.05, 4.69) is 5.32 Å². The Bertz CT molecular complexity index is 338. The smallest absolute Gasteiger partial charge is 0.269 e. The highest BCUT2D eigenvalue weighted by Crippen LogP contribution is 2.11. The molecular formula is C11H16N2O3. The Balaban J connectivity index is 2.40. The third-order valence-corrected chi connectivity index (χ3v) is 2.31. The second kappa shape index (κ2) is 6.19. The number of nitro groups is 1. The van der Waals surface area contributed by atoms with Crippen LogP contribution in [0.4, 0.5) is 5.69 Å². The third kappa shape index (κ3) is 3.96. The molecule has 5 heteroatoms. The molecule has 0 unspecified atom stereocenters. The van der Waals surface area contributed by atoms with Gasteiger partial charge in [0.05, 0.1) is 11.0 Å². The fourth-order valence-electron chi connectivity index (χ4n) is 1.24. The summed E-state index contributed by atoms with van der Waals surface area (Å²) in [5.41, 5.74) is 1.14. The molecule has 0 heterocycles. The van der Waals surface area contributed by atoms with E-state index in [1.807, 2.05) is 6.92 Å². The second-order valence-corrected chi connectivity index (χ2v) is 3.60. The normalized spacial score (nSPS) is 12.4. The van der Waals surface area contributed by atoms with Crippen LogP contribution in [-0.4, -0.2) is 24.7 Å². The molecule has 0 saturated heterocycles. The van der Waals surface area contributed by atoms with Crippen LogP contribution < -0.4 is 5.32 Å². The van der Waals surface area contributed by atoms with E-state index in [1.54, 1.807) is 19.2 Å². The second-order valence-electron chi connectivity index (χ2n) is 3.60. The van der Waals surface area contributed by atoms with Crippen LogP contribution in [0.1, 0.15) is 12.5 Å². The van der Waals surface area contributed by atoms with Gasteiger partial charge in [-0.2, -0.15) is 0 Å². The Labute approximate surface area is 94.6 Å². The summed E-state index contributed by atoms with van der Waals surface area (Å²) in [4.78, 5) is 10.0. The molecule has 0 amide bonds. The highest BCUT2D eigenvalue weighted by atomic mass is 16.6. The molecule has 1 aromatic rings. The molecule has 0 bridgehead atoms. The summed E-state index contributed by atoms with van der Waals surface area (Å²) in [5, 5.41) is 13.6. The Morgan fingerprint density at radius 3 is 2.56 bits per heavy atom. The molecule has 0 aromatic heterocycles. The standard InChI is InChI=1S/C11H16N2O3/c1-9(16-2)7-12-8-10-3-5-11(6-4-10)13(14)15/h3-6,9,12H,7-8H2,1-2H3/t9-/m0/s1. The molecule has 1 atom stereocenters. The number of hydrogen-bond acceptors (Lipinski definition) is 4. The van der Waals surface area contributed by atoms with E-state index >= 15 is 0 Å². The highest BCUT2D eigenvalue weighted by Gasteiger charge is 2.04. The van der Waals surface area contributed by atoms with Gasteiger partial charge in [0.2, 0.25) is 0 Å². The summed E-state index contributed by atoms with van der Waals surface area (Å²) in [6, 6.07) is 6.53. The van der Waals surface area contributed by atoms with Gasteiger partial charge in [-0.05, 0) is 12.5 Å². The number of benzene rings is 1. The molecule has 0 aliphatic rings. The topological polar surface area (TPSA) is 64.4 Å². The quantitative estimate of drug-likeness (QED) is 0.590. The molecule has 0 spiro atoms. The number of nitrogens with zero attached hydrogens (tertiary/aromatic N) is 1. The Kier molecular flexibility index (Phi) is 4.88. The van der Waals surface area contributed by atoms with Gasteiger partial charge in [-0.1, -0.05) is 12.1 Å². The van der Waals surface area contributed by atoms with Crippen LogP contribution in [0.3, 0.4) is 0 Å². The summed E-state index contributed by atoms with van der Waals surface area (Å²) >= 11 is 0. The molecule has 0 aliphatic heterocycles. The third-order valence-electron chi connectivity index (χ3n) is 2.31. The SMILES string of the molecule is CO[C@@H](C)CNCc1ccc([N+](=O)[O-])cc1. The first-order valence-corrected chi connectivity index (χ1v) is 5.10. The summed E-state index contributed by atoms with van der Waals surface area (Å²) in [6.07, 6.45) is 0.165. The molecule has 0 aliphatic carbocycles. The Hall–Kier alpha value is -1.46.